The highest BCUT2D eigenvalue weighted by Gasteiger charge is 2.67. The van der Waals surface area contributed by atoms with E-state index >= 15 is 0 Å². The molecule has 3 fully saturated rings. The average Bonchev–Trinajstić information content (AvgIpc) is 3.76. The van der Waals surface area contributed by atoms with Crippen LogP contribution in [0.4, 0.5) is 11.4 Å². The number of carbonyl (C=O) groups is 3. The summed E-state index contributed by atoms with van der Waals surface area (Å²) in [4.78, 5) is 41.4. The number of amides is 3. The molecule has 0 unspecified atom stereocenters. The Labute approximate surface area is 231 Å². The van der Waals surface area contributed by atoms with Gasteiger partial charge in [-0.25, -0.2) is 4.90 Å². The SMILES string of the molecule is O=C(Nc1ccc(Oc2ccc3ccccc3c2)cc1)c1cccc(N2C(=O)[C@@H]3[C@H]4C=C[C@@H]([C@@H]5C[C@@H]45)[C@@H]3C2=O)c1. The first-order valence-electron chi connectivity index (χ1n) is 13.8. The number of carbonyl (C=O) groups excluding carboxylic acids is 3. The van der Waals surface area contributed by atoms with Gasteiger partial charge in [-0.05, 0) is 95.5 Å². The molecule has 2 saturated carbocycles. The Morgan fingerprint density at radius 3 is 2.12 bits per heavy atom. The minimum Gasteiger partial charge on any atom is -0.457 e. The molecule has 6 nitrogen and oxygen atoms in total. The van der Waals surface area contributed by atoms with Crippen molar-refractivity contribution in [2.45, 2.75) is 6.42 Å². The lowest BCUT2D eigenvalue weighted by Crippen LogP contribution is -2.40. The van der Waals surface area contributed by atoms with Gasteiger partial charge in [-0.1, -0.05) is 48.6 Å². The summed E-state index contributed by atoms with van der Waals surface area (Å²) >= 11 is 0. The maximum absolute atomic E-state index is 13.5. The van der Waals surface area contributed by atoms with Crippen LogP contribution in [0.2, 0.25) is 0 Å². The van der Waals surface area contributed by atoms with Crippen LogP contribution in [0.25, 0.3) is 10.8 Å². The van der Waals surface area contributed by atoms with E-state index in [1.54, 1.807) is 48.5 Å². The second-order valence-electron chi connectivity index (χ2n) is 11.3. The number of hydrogen-bond donors (Lipinski definition) is 1. The number of fused-ring (bicyclic) bond motifs is 1. The van der Waals surface area contributed by atoms with Crippen molar-refractivity contribution in [3.05, 3.63) is 109 Å². The van der Waals surface area contributed by atoms with Gasteiger partial charge in [0.25, 0.3) is 5.91 Å². The molecule has 0 radical (unpaired) electrons. The Bertz CT molecular complexity index is 1710. The van der Waals surface area contributed by atoms with E-state index in [2.05, 4.69) is 23.5 Å². The third-order valence-electron chi connectivity index (χ3n) is 9.10. The number of ether oxygens (including phenoxy) is 1. The summed E-state index contributed by atoms with van der Waals surface area (Å²) in [5.41, 5.74) is 1.46. The van der Waals surface area contributed by atoms with Crippen molar-refractivity contribution in [2.75, 3.05) is 10.2 Å². The van der Waals surface area contributed by atoms with Gasteiger partial charge < -0.3 is 10.1 Å². The van der Waals surface area contributed by atoms with Gasteiger partial charge in [-0.3, -0.25) is 14.4 Å². The van der Waals surface area contributed by atoms with Crippen LogP contribution in [0.1, 0.15) is 16.8 Å². The summed E-state index contributed by atoms with van der Waals surface area (Å²) in [7, 11) is 0. The van der Waals surface area contributed by atoms with E-state index in [0.717, 1.165) is 22.9 Å². The molecule has 40 heavy (non-hydrogen) atoms. The van der Waals surface area contributed by atoms with Gasteiger partial charge in [0.05, 0.1) is 17.5 Å². The van der Waals surface area contributed by atoms with E-state index < -0.39 is 0 Å². The molecule has 2 bridgehead atoms. The van der Waals surface area contributed by atoms with Crippen LogP contribution in [0.5, 0.6) is 11.5 Å². The maximum Gasteiger partial charge on any atom is 0.255 e. The molecule has 4 aromatic rings. The Kier molecular flexibility index (Phi) is 5.02. The van der Waals surface area contributed by atoms with Crippen molar-refractivity contribution in [2.24, 2.45) is 35.5 Å². The van der Waals surface area contributed by atoms with Gasteiger partial charge in [0, 0.05) is 11.3 Å². The van der Waals surface area contributed by atoms with Gasteiger partial charge >= 0.3 is 0 Å². The third-order valence-corrected chi connectivity index (χ3v) is 9.10. The second-order valence-corrected chi connectivity index (χ2v) is 11.3. The molecule has 1 aliphatic heterocycles. The van der Waals surface area contributed by atoms with Crippen LogP contribution in [0.15, 0.2) is 103 Å². The Hall–Kier alpha value is -4.71. The Morgan fingerprint density at radius 1 is 0.725 bits per heavy atom. The molecule has 1 saturated heterocycles. The molecule has 0 spiro atoms. The summed E-state index contributed by atoms with van der Waals surface area (Å²) in [6, 6.07) is 28.0. The second kappa shape index (κ2) is 8.65. The Balaban J connectivity index is 0.971. The lowest BCUT2D eigenvalue weighted by molar-refractivity contribution is -0.124. The molecule has 0 aromatic heterocycles. The molecular weight excluding hydrogens is 500 g/mol. The number of imide groups is 1. The van der Waals surface area contributed by atoms with Crippen LogP contribution in [-0.2, 0) is 9.59 Å². The number of hydrogen-bond acceptors (Lipinski definition) is 4. The van der Waals surface area contributed by atoms with Crippen molar-refractivity contribution in [3.63, 3.8) is 0 Å². The van der Waals surface area contributed by atoms with Crippen LogP contribution in [0.3, 0.4) is 0 Å². The zero-order chi connectivity index (χ0) is 27.0. The normalized spacial score (nSPS) is 27.4. The van der Waals surface area contributed by atoms with E-state index in [4.69, 9.17) is 4.74 Å². The van der Waals surface area contributed by atoms with E-state index in [9.17, 15) is 14.4 Å². The Morgan fingerprint density at radius 2 is 1.40 bits per heavy atom. The smallest absolute Gasteiger partial charge is 0.255 e. The zero-order valence-corrected chi connectivity index (χ0v) is 21.6. The summed E-state index contributed by atoms with van der Waals surface area (Å²) in [6.45, 7) is 0. The topological polar surface area (TPSA) is 75.7 Å². The number of nitrogens with one attached hydrogen (secondary N) is 1. The zero-order valence-electron chi connectivity index (χ0n) is 21.6. The molecule has 3 amide bonds. The highest BCUT2D eigenvalue weighted by molar-refractivity contribution is 6.23. The van der Waals surface area contributed by atoms with Crippen LogP contribution in [-0.4, -0.2) is 17.7 Å². The number of anilines is 2. The number of benzene rings is 4. The lowest BCUT2D eigenvalue weighted by Gasteiger charge is -2.37. The molecule has 1 heterocycles. The standard InChI is InChI=1S/C34H26N2O4/c37-32(35-22-9-12-24(13-10-22)40-25-11-8-19-4-1-2-5-20(19)17-25)21-6-3-7-23(16-21)36-33(38)30-26-14-15-27(29-18-28(26)29)31(30)34(36)39/h1-17,26-31H,18H2,(H,35,37)/t26-,27-,28-,29-,30-,31+/m0/s1. The average molecular weight is 527 g/mol. The quantitative estimate of drug-likeness (QED) is 0.240. The maximum atomic E-state index is 13.5. The summed E-state index contributed by atoms with van der Waals surface area (Å²) in [5, 5.41) is 5.15. The number of allylic oxidation sites excluding steroid dienone is 2. The van der Waals surface area contributed by atoms with E-state index in [1.807, 2.05) is 36.4 Å². The van der Waals surface area contributed by atoms with Crippen molar-refractivity contribution in [1.29, 1.82) is 0 Å². The molecule has 196 valence electrons. The highest BCUT2D eigenvalue weighted by atomic mass is 16.5. The van der Waals surface area contributed by atoms with Gasteiger partial charge in [0.1, 0.15) is 11.5 Å². The first kappa shape index (κ1) is 23.2. The van der Waals surface area contributed by atoms with Crippen LogP contribution >= 0.6 is 0 Å². The summed E-state index contributed by atoms with van der Waals surface area (Å²) in [6.07, 6.45) is 5.45. The molecule has 4 aromatic carbocycles. The van der Waals surface area contributed by atoms with Crippen LogP contribution < -0.4 is 15.0 Å². The molecule has 6 heteroatoms. The molecule has 9 rings (SSSR count). The minimum atomic E-state index is -0.315. The van der Waals surface area contributed by atoms with Crippen molar-refractivity contribution >= 4 is 39.9 Å². The highest BCUT2D eigenvalue weighted by Crippen LogP contribution is 2.65. The first-order valence-corrected chi connectivity index (χ1v) is 13.8. The number of nitrogens with zero attached hydrogens (tertiary/aromatic N) is 1. The largest absolute Gasteiger partial charge is 0.457 e. The molecule has 5 aliphatic rings. The van der Waals surface area contributed by atoms with E-state index in [0.29, 0.717) is 34.5 Å². The predicted molar refractivity (Wildman–Crippen MR) is 152 cm³/mol. The van der Waals surface area contributed by atoms with E-state index in [-0.39, 0.29) is 41.4 Å². The van der Waals surface area contributed by atoms with Gasteiger partial charge in [-0.2, -0.15) is 0 Å². The monoisotopic (exact) mass is 526 g/mol. The van der Waals surface area contributed by atoms with Crippen molar-refractivity contribution in [3.8, 4) is 11.5 Å². The van der Waals surface area contributed by atoms with Crippen molar-refractivity contribution in [1.82, 2.24) is 0 Å². The summed E-state index contributed by atoms with van der Waals surface area (Å²) < 4.78 is 6.01. The number of rotatable bonds is 5. The minimum absolute atomic E-state index is 0.126. The van der Waals surface area contributed by atoms with Gasteiger partial charge in [0.15, 0.2) is 0 Å². The molecular formula is C34H26N2O4. The van der Waals surface area contributed by atoms with Crippen molar-refractivity contribution < 1.29 is 19.1 Å². The van der Waals surface area contributed by atoms with Gasteiger partial charge in [-0.15, -0.1) is 0 Å². The fourth-order valence-electron chi connectivity index (χ4n) is 7.17. The molecule has 4 aliphatic carbocycles. The first-order chi connectivity index (χ1) is 19.5. The fraction of sp³-hybridized carbons (Fsp3) is 0.206. The molecule has 6 atom stereocenters. The third kappa shape index (κ3) is 3.59. The lowest BCUT2D eigenvalue weighted by atomic mass is 9.63. The summed E-state index contributed by atoms with van der Waals surface area (Å²) in [5.74, 6) is 1.73. The van der Waals surface area contributed by atoms with E-state index in [1.165, 1.54) is 4.90 Å². The van der Waals surface area contributed by atoms with Crippen LogP contribution in [0, 0.1) is 35.5 Å². The predicted octanol–water partition coefficient (Wildman–Crippen LogP) is 6.44. The molecule has 1 N–H and O–H groups in total. The van der Waals surface area contributed by atoms with Gasteiger partial charge in [0.2, 0.25) is 11.8 Å². The fourth-order valence-corrected chi connectivity index (χ4v) is 7.17.